The van der Waals surface area contributed by atoms with Crippen LogP contribution < -0.4 is 9.62 Å². The summed E-state index contributed by atoms with van der Waals surface area (Å²) >= 11 is 24.7. The van der Waals surface area contributed by atoms with Gasteiger partial charge in [0.25, 0.3) is 0 Å². The van der Waals surface area contributed by atoms with Gasteiger partial charge in [0, 0.05) is 37.5 Å². The summed E-state index contributed by atoms with van der Waals surface area (Å²) < 4.78 is 26.4. The minimum absolute atomic E-state index is 0.0181. The Bertz CT molecular complexity index is 1470. The maximum atomic E-state index is 13.8. The molecule has 0 radical (unpaired) electrons. The van der Waals surface area contributed by atoms with Crippen molar-refractivity contribution in [3.05, 3.63) is 97.9 Å². The van der Waals surface area contributed by atoms with E-state index >= 15 is 0 Å². The van der Waals surface area contributed by atoms with Gasteiger partial charge in [-0.1, -0.05) is 82.8 Å². The SMILES string of the molecule is CCNC(=O)C(Cc1ccccc1)N(Cc1ccc(Cl)c(Cl)c1)C(=O)CCCN(c1cc(Cl)ccc1Cl)S(C)(=O)=O. The molecule has 0 aromatic heterocycles. The third-order valence-corrected chi connectivity index (χ3v) is 8.76. The van der Waals surface area contributed by atoms with Crippen molar-refractivity contribution in [2.75, 3.05) is 23.7 Å². The molecule has 12 heteroatoms. The first-order chi connectivity index (χ1) is 19.4. The van der Waals surface area contributed by atoms with Crippen molar-refractivity contribution in [1.82, 2.24) is 10.2 Å². The molecule has 0 fully saturated rings. The zero-order valence-corrected chi connectivity index (χ0v) is 26.5. The van der Waals surface area contributed by atoms with E-state index in [0.29, 0.717) is 27.2 Å². The molecule has 1 unspecified atom stereocenters. The van der Waals surface area contributed by atoms with Crippen LogP contribution in [0, 0.1) is 0 Å². The minimum atomic E-state index is -3.74. The number of hydrogen-bond donors (Lipinski definition) is 1. The summed E-state index contributed by atoms with van der Waals surface area (Å²) in [6.45, 7) is 2.28. The molecule has 0 saturated carbocycles. The van der Waals surface area contributed by atoms with E-state index in [-0.39, 0.29) is 54.9 Å². The molecule has 0 aliphatic heterocycles. The summed E-state index contributed by atoms with van der Waals surface area (Å²) in [4.78, 5) is 28.6. The molecule has 0 bridgehead atoms. The first kappa shape index (κ1) is 33.0. The van der Waals surface area contributed by atoms with Crippen LogP contribution in [0.15, 0.2) is 66.7 Å². The number of likely N-dealkylation sites (N-methyl/N-ethyl adjacent to an activating group) is 1. The normalized spacial score (nSPS) is 12.0. The van der Waals surface area contributed by atoms with Crippen molar-refractivity contribution in [2.24, 2.45) is 0 Å². The smallest absolute Gasteiger partial charge is 0.243 e. The minimum Gasteiger partial charge on any atom is -0.355 e. The number of benzene rings is 3. The highest BCUT2D eigenvalue weighted by molar-refractivity contribution is 7.92. The molecule has 1 atom stereocenters. The van der Waals surface area contributed by atoms with E-state index < -0.39 is 16.1 Å². The standard InChI is InChI=1S/C29H31Cl4N3O4S/c1-3-34-29(38)27(17-20-8-5-4-6-9-20)35(19-21-11-13-23(31)25(33)16-21)28(37)10-7-15-36(41(2,39)40)26-18-22(30)12-14-24(26)32/h4-6,8-9,11-14,16,18,27H,3,7,10,15,17,19H2,1-2H3,(H,34,38). The zero-order chi connectivity index (χ0) is 30.2. The van der Waals surface area contributed by atoms with Crippen LogP contribution in [-0.4, -0.2) is 50.5 Å². The predicted molar refractivity (Wildman–Crippen MR) is 168 cm³/mol. The van der Waals surface area contributed by atoms with Crippen molar-refractivity contribution in [1.29, 1.82) is 0 Å². The van der Waals surface area contributed by atoms with Crippen LogP contribution in [0.4, 0.5) is 5.69 Å². The van der Waals surface area contributed by atoms with Gasteiger partial charge in [0.1, 0.15) is 6.04 Å². The fourth-order valence-corrected chi connectivity index (χ4v) is 6.07. The number of carbonyl (C=O) groups excluding carboxylic acids is 2. The van der Waals surface area contributed by atoms with Crippen molar-refractivity contribution < 1.29 is 18.0 Å². The fourth-order valence-electron chi connectivity index (χ4n) is 4.34. The number of hydrogen-bond acceptors (Lipinski definition) is 4. The lowest BCUT2D eigenvalue weighted by Gasteiger charge is -2.32. The van der Waals surface area contributed by atoms with Crippen LogP contribution in [0.25, 0.3) is 0 Å². The molecule has 0 aliphatic rings. The van der Waals surface area contributed by atoms with Crippen molar-refractivity contribution in [3.8, 4) is 0 Å². The monoisotopic (exact) mass is 657 g/mol. The fraction of sp³-hybridized carbons (Fsp3) is 0.310. The summed E-state index contributed by atoms with van der Waals surface area (Å²) in [7, 11) is -3.74. The van der Waals surface area contributed by atoms with Gasteiger partial charge in [-0.15, -0.1) is 0 Å². The van der Waals surface area contributed by atoms with Crippen molar-refractivity contribution in [3.63, 3.8) is 0 Å². The summed E-state index contributed by atoms with van der Waals surface area (Å²) in [6, 6.07) is 18.2. The summed E-state index contributed by atoms with van der Waals surface area (Å²) in [5, 5.41) is 4.08. The summed E-state index contributed by atoms with van der Waals surface area (Å²) in [5.41, 5.74) is 1.80. The second-order valence-corrected chi connectivity index (χ2v) is 13.0. The number of rotatable bonds is 13. The molecule has 2 amide bonds. The van der Waals surface area contributed by atoms with Crippen LogP contribution in [0.1, 0.15) is 30.9 Å². The third kappa shape index (κ3) is 9.51. The van der Waals surface area contributed by atoms with E-state index in [1.165, 1.54) is 17.0 Å². The highest BCUT2D eigenvalue weighted by Gasteiger charge is 2.30. The molecule has 3 aromatic carbocycles. The average Bonchev–Trinajstić information content (AvgIpc) is 2.92. The number of amides is 2. The molecule has 0 heterocycles. The second-order valence-electron chi connectivity index (χ2n) is 9.40. The molecule has 1 N–H and O–H groups in total. The molecule has 7 nitrogen and oxygen atoms in total. The van der Waals surface area contributed by atoms with Gasteiger partial charge in [-0.05, 0) is 54.8 Å². The lowest BCUT2D eigenvalue weighted by Crippen LogP contribution is -2.50. The van der Waals surface area contributed by atoms with E-state index in [2.05, 4.69) is 5.32 Å². The Morgan fingerprint density at radius 3 is 2.20 bits per heavy atom. The molecule has 220 valence electrons. The molecular formula is C29H31Cl4N3O4S. The van der Waals surface area contributed by atoms with Crippen LogP contribution in [0.3, 0.4) is 0 Å². The Kier molecular flexibility index (Phi) is 12.2. The van der Waals surface area contributed by atoms with Crippen molar-refractivity contribution in [2.45, 2.75) is 38.8 Å². The lowest BCUT2D eigenvalue weighted by molar-refractivity contribution is -0.141. The average molecular weight is 659 g/mol. The van der Waals surface area contributed by atoms with Gasteiger partial charge in [-0.2, -0.15) is 0 Å². The highest BCUT2D eigenvalue weighted by Crippen LogP contribution is 2.31. The Hall–Kier alpha value is -2.49. The quantitative estimate of drug-likeness (QED) is 0.224. The van der Waals surface area contributed by atoms with Crippen LogP contribution in [0.2, 0.25) is 20.1 Å². The molecular weight excluding hydrogens is 628 g/mol. The van der Waals surface area contributed by atoms with Gasteiger partial charge in [0.15, 0.2) is 0 Å². The Labute approximate surface area is 261 Å². The van der Waals surface area contributed by atoms with E-state index in [1.54, 1.807) is 24.3 Å². The largest absolute Gasteiger partial charge is 0.355 e. The van der Waals surface area contributed by atoms with Crippen LogP contribution >= 0.6 is 46.4 Å². The Morgan fingerprint density at radius 1 is 0.878 bits per heavy atom. The maximum Gasteiger partial charge on any atom is 0.243 e. The van der Waals surface area contributed by atoms with E-state index in [1.807, 2.05) is 37.3 Å². The van der Waals surface area contributed by atoms with Gasteiger partial charge in [0.2, 0.25) is 21.8 Å². The third-order valence-electron chi connectivity index (χ3n) is 6.29. The second kappa shape index (κ2) is 15.1. The number of anilines is 1. The van der Waals surface area contributed by atoms with Gasteiger partial charge in [-0.25, -0.2) is 8.42 Å². The van der Waals surface area contributed by atoms with Gasteiger partial charge < -0.3 is 10.2 Å². The molecule has 0 aliphatic carbocycles. The van der Waals surface area contributed by atoms with E-state index in [4.69, 9.17) is 46.4 Å². The van der Waals surface area contributed by atoms with E-state index in [9.17, 15) is 18.0 Å². The Morgan fingerprint density at radius 2 is 1.56 bits per heavy atom. The maximum absolute atomic E-state index is 13.8. The molecule has 0 spiro atoms. The highest BCUT2D eigenvalue weighted by atomic mass is 35.5. The van der Waals surface area contributed by atoms with E-state index in [0.717, 1.165) is 16.1 Å². The van der Waals surface area contributed by atoms with Gasteiger partial charge >= 0.3 is 0 Å². The first-order valence-electron chi connectivity index (χ1n) is 12.9. The van der Waals surface area contributed by atoms with Gasteiger partial charge in [0.05, 0.1) is 27.0 Å². The summed E-state index contributed by atoms with van der Waals surface area (Å²) in [6.07, 6.45) is 1.48. The zero-order valence-electron chi connectivity index (χ0n) is 22.6. The molecule has 3 rings (SSSR count). The lowest BCUT2D eigenvalue weighted by atomic mass is 10.0. The first-order valence-corrected chi connectivity index (χ1v) is 16.2. The summed E-state index contributed by atoms with van der Waals surface area (Å²) in [5.74, 6) is -0.623. The van der Waals surface area contributed by atoms with Crippen LogP contribution in [0.5, 0.6) is 0 Å². The van der Waals surface area contributed by atoms with Crippen LogP contribution in [-0.2, 0) is 32.6 Å². The van der Waals surface area contributed by atoms with Gasteiger partial charge in [-0.3, -0.25) is 13.9 Å². The molecule has 0 saturated heterocycles. The predicted octanol–water partition coefficient (Wildman–Crippen LogP) is 6.62. The Balaban J connectivity index is 1.90. The number of nitrogens with zero attached hydrogens (tertiary/aromatic N) is 2. The van der Waals surface area contributed by atoms with Crippen molar-refractivity contribution >= 4 is 73.9 Å². The topological polar surface area (TPSA) is 86.8 Å². The number of halogens is 4. The molecule has 41 heavy (non-hydrogen) atoms. The molecule has 3 aromatic rings. The number of carbonyl (C=O) groups is 2. The number of sulfonamides is 1. The number of nitrogens with one attached hydrogen (secondary N) is 1.